The first-order chi connectivity index (χ1) is 5.33. The molecule has 2 N–H and O–H groups in total. The van der Waals surface area contributed by atoms with Crippen LogP contribution in [0.5, 0.6) is 0 Å². The molecule has 0 amide bonds. The molecular weight excluding hydrogens is 152 g/mol. The van der Waals surface area contributed by atoms with Crippen LogP contribution in [0, 0.1) is 10.8 Å². The van der Waals surface area contributed by atoms with Gasteiger partial charge in [-0.1, -0.05) is 20.8 Å². The lowest BCUT2D eigenvalue weighted by Crippen LogP contribution is -2.40. The molecule has 0 heterocycles. The minimum Gasteiger partial charge on any atom is -0.392 e. The van der Waals surface area contributed by atoms with Gasteiger partial charge in [-0.2, -0.15) is 0 Å². The van der Waals surface area contributed by atoms with Crippen LogP contribution in [0.15, 0.2) is 0 Å². The zero-order chi connectivity index (χ0) is 9.20. The molecule has 2 heteroatoms. The first-order valence-corrected chi connectivity index (χ1v) is 4.74. The van der Waals surface area contributed by atoms with Gasteiger partial charge in [-0.05, 0) is 12.8 Å². The predicted octanol–water partition coefficient (Wildman–Crippen LogP) is 1.31. The van der Waals surface area contributed by atoms with Gasteiger partial charge in [0, 0.05) is 17.3 Å². The van der Waals surface area contributed by atoms with Gasteiger partial charge in [-0.25, -0.2) is 0 Å². The van der Waals surface area contributed by atoms with E-state index in [9.17, 15) is 10.2 Å². The van der Waals surface area contributed by atoms with Gasteiger partial charge in [-0.15, -0.1) is 0 Å². The van der Waals surface area contributed by atoms with Crippen molar-refractivity contribution in [1.82, 2.24) is 0 Å². The molecule has 0 aromatic rings. The van der Waals surface area contributed by atoms with Crippen LogP contribution in [0.25, 0.3) is 0 Å². The van der Waals surface area contributed by atoms with Gasteiger partial charge in [-0.3, -0.25) is 0 Å². The lowest BCUT2D eigenvalue weighted by Gasteiger charge is -2.38. The van der Waals surface area contributed by atoms with Crippen molar-refractivity contribution in [3.8, 4) is 0 Å². The van der Waals surface area contributed by atoms with Crippen molar-refractivity contribution in [2.24, 2.45) is 10.8 Å². The molecule has 0 saturated heterocycles. The summed E-state index contributed by atoms with van der Waals surface area (Å²) in [5, 5.41) is 20.1. The Bertz CT molecular complexity index is 221. The Morgan fingerprint density at radius 3 is 1.92 bits per heavy atom. The maximum absolute atomic E-state index is 10.2. The van der Waals surface area contributed by atoms with Gasteiger partial charge in [0.1, 0.15) is 0 Å². The Labute approximate surface area is 73.6 Å². The van der Waals surface area contributed by atoms with Crippen molar-refractivity contribution >= 4 is 0 Å². The van der Waals surface area contributed by atoms with Crippen molar-refractivity contribution in [1.29, 1.82) is 0 Å². The molecule has 0 unspecified atom stereocenters. The summed E-state index contributed by atoms with van der Waals surface area (Å²) < 4.78 is 0. The number of fused-ring (bicyclic) bond motifs is 2. The average Bonchev–Trinajstić information content (AvgIpc) is 2.18. The molecule has 12 heavy (non-hydrogen) atoms. The number of hydrogen-bond acceptors (Lipinski definition) is 2. The van der Waals surface area contributed by atoms with Crippen LogP contribution in [0.1, 0.15) is 40.0 Å². The second-order valence-corrected chi connectivity index (χ2v) is 5.29. The Balaban J connectivity index is 2.49. The molecule has 3 atom stereocenters. The summed E-state index contributed by atoms with van der Waals surface area (Å²) in [6.45, 7) is 6.26. The molecule has 0 aromatic carbocycles. The third-order valence-corrected chi connectivity index (χ3v) is 4.92. The second kappa shape index (κ2) is 1.88. The summed E-state index contributed by atoms with van der Waals surface area (Å²) in [4.78, 5) is 0. The third-order valence-electron chi connectivity index (χ3n) is 4.92. The Kier molecular flexibility index (Phi) is 1.33. The Morgan fingerprint density at radius 2 is 1.75 bits per heavy atom. The van der Waals surface area contributed by atoms with Crippen molar-refractivity contribution in [2.75, 3.05) is 0 Å². The van der Waals surface area contributed by atoms with Crippen LogP contribution in [0.3, 0.4) is 0 Å². The first kappa shape index (κ1) is 8.52. The fraction of sp³-hybridized carbons (Fsp3) is 1.00. The molecule has 2 rings (SSSR count). The maximum Gasteiger partial charge on any atom is 0.0729 e. The van der Waals surface area contributed by atoms with E-state index in [-0.39, 0.29) is 16.9 Å². The van der Waals surface area contributed by atoms with Crippen molar-refractivity contribution in [3.63, 3.8) is 0 Å². The van der Waals surface area contributed by atoms with Crippen LogP contribution in [0.2, 0.25) is 0 Å². The molecule has 0 spiro atoms. The number of aliphatic hydroxyl groups is 2. The van der Waals surface area contributed by atoms with E-state index in [4.69, 9.17) is 0 Å². The molecule has 0 aliphatic heterocycles. The summed E-state index contributed by atoms with van der Waals surface area (Å²) in [6.07, 6.45) is 2.06. The average molecular weight is 170 g/mol. The van der Waals surface area contributed by atoms with Crippen LogP contribution in [0.4, 0.5) is 0 Å². The van der Waals surface area contributed by atoms with Crippen molar-refractivity contribution in [3.05, 3.63) is 0 Å². The zero-order valence-corrected chi connectivity index (χ0v) is 8.09. The lowest BCUT2D eigenvalue weighted by molar-refractivity contribution is -0.0396. The van der Waals surface area contributed by atoms with Gasteiger partial charge >= 0.3 is 0 Å². The molecule has 70 valence electrons. The van der Waals surface area contributed by atoms with Gasteiger partial charge in [0.05, 0.1) is 11.7 Å². The topological polar surface area (TPSA) is 40.5 Å². The highest BCUT2D eigenvalue weighted by Gasteiger charge is 2.68. The van der Waals surface area contributed by atoms with E-state index in [1.807, 2.05) is 0 Å². The van der Waals surface area contributed by atoms with E-state index in [0.717, 1.165) is 12.8 Å². The van der Waals surface area contributed by atoms with Crippen LogP contribution >= 0.6 is 0 Å². The van der Waals surface area contributed by atoms with E-state index in [2.05, 4.69) is 20.8 Å². The molecule has 2 aliphatic rings. The minimum atomic E-state index is -0.610. The minimum absolute atomic E-state index is 0.0677. The first-order valence-electron chi connectivity index (χ1n) is 4.74. The third kappa shape index (κ3) is 0.612. The van der Waals surface area contributed by atoms with E-state index < -0.39 is 5.60 Å². The molecule has 0 radical (unpaired) electrons. The molecule has 0 aromatic heterocycles. The standard InChI is InChI=1S/C10H18O2/c1-8(2)9(3)4-5-10(8,12)6-7(9)11/h7,11-12H,4-6H2,1-3H3/t7-,9+,10+/m1/s1. The highest BCUT2D eigenvalue weighted by molar-refractivity contribution is 5.19. The fourth-order valence-electron chi connectivity index (χ4n) is 3.11. The highest BCUT2D eigenvalue weighted by Crippen LogP contribution is 2.67. The predicted molar refractivity (Wildman–Crippen MR) is 46.7 cm³/mol. The molecule has 2 fully saturated rings. The molecule has 2 nitrogen and oxygen atoms in total. The molecule has 2 bridgehead atoms. The second-order valence-electron chi connectivity index (χ2n) is 5.29. The van der Waals surface area contributed by atoms with Gasteiger partial charge in [0.2, 0.25) is 0 Å². The summed E-state index contributed by atoms with van der Waals surface area (Å²) in [5.74, 6) is 0. The normalized spacial score (nSPS) is 56.2. The van der Waals surface area contributed by atoms with Gasteiger partial charge in [0.25, 0.3) is 0 Å². The molecular formula is C10H18O2. The fourth-order valence-corrected chi connectivity index (χ4v) is 3.11. The molecule has 2 saturated carbocycles. The van der Waals surface area contributed by atoms with Crippen molar-refractivity contribution in [2.45, 2.75) is 51.7 Å². The SMILES string of the molecule is CC1(C)[C@]2(O)CC[C@@]1(C)[C@H](O)C2. The Morgan fingerprint density at radius 1 is 1.17 bits per heavy atom. The van der Waals surface area contributed by atoms with Gasteiger partial charge in [0.15, 0.2) is 0 Å². The summed E-state index contributed by atoms with van der Waals surface area (Å²) in [6, 6.07) is 0. The molecule has 2 aliphatic carbocycles. The quantitative estimate of drug-likeness (QED) is 0.575. The summed E-state index contributed by atoms with van der Waals surface area (Å²) >= 11 is 0. The van der Waals surface area contributed by atoms with E-state index in [1.165, 1.54) is 0 Å². The lowest BCUT2D eigenvalue weighted by atomic mass is 9.69. The van der Waals surface area contributed by atoms with E-state index in [0.29, 0.717) is 6.42 Å². The number of hydrogen-bond donors (Lipinski definition) is 2. The van der Waals surface area contributed by atoms with Crippen LogP contribution in [-0.4, -0.2) is 21.9 Å². The number of aliphatic hydroxyl groups excluding tert-OH is 1. The van der Waals surface area contributed by atoms with Gasteiger partial charge < -0.3 is 10.2 Å². The van der Waals surface area contributed by atoms with E-state index in [1.54, 1.807) is 0 Å². The largest absolute Gasteiger partial charge is 0.392 e. The van der Waals surface area contributed by atoms with E-state index >= 15 is 0 Å². The smallest absolute Gasteiger partial charge is 0.0729 e. The number of rotatable bonds is 0. The monoisotopic (exact) mass is 170 g/mol. The zero-order valence-electron chi connectivity index (χ0n) is 8.09. The summed E-state index contributed by atoms with van der Waals surface area (Å²) in [7, 11) is 0. The highest BCUT2D eigenvalue weighted by atomic mass is 16.3. The summed E-state index contributed by atoms with van der Waals surface area (Å²) in [5.41, 5.74) is -0.803. The Hall–Kier alpha value is -0.0800. The van der Waals surface area contributed by atoms with Crippen LogP contribution < -0.4 is 0 Å². The maximum atomic E-state index is 10.2. The van der Waals surface area contributed by atoms with Crippen molar-refractivity contribution < 1.29 is 10.2 Å². The van der Waals surface area contributed by atoms with Crippen LogP contribution in [-0.2, 0) is 0 Å².